The third-order valence-corrected chi connectivity index (χ3v) is 0.642. The molecule has 9 heteroatoms. The van der Waals surface area contributed by atoms with Crippen molar-refractivity contribution < 1.29 is 0 Å². The number of hydrogen-bond acceptors (Lipinski definition) is 5. The van der Waals surface area contributed by atoms with Gasteiger partial charge in [-0.05, 0) is 0 Å². The van der Waals surface area contributed by atoms with Crippen LogP contribution in [-0.4, -0.2) is 34.8 Å². The van der Waals surface area contributed by atoms with Crippen LogP contribution in [0.15, 0.2) is 0 Å². The van der Waals surface area contributed by atoms with Gasteiger partial charge in [0, 0.05) is 26.2 Å². The molecular weight excluding hydrogens is 270 g/mol. The van der Waals surface area contributed by atoms with Crippen LogP contribution in [0.5, 0.6) is 0 Å². The summed E-state index contributed by atoms with van der Waals surface area (Å²) >= 11 is 15.3. The molecule has 5 nitrogen and oxygen atoms in total. The van der Waals surface area contributed by atoms with Crippen molar-refractivity contribution in [2.24, 2.45) is 22.9 Å². The molecule has 0 heterocycles. The second kappa shape index (κ2) is 19.9. The first-order valence-electron chi connectivity index (χ1n) is 3.96. The predicted molar refractivity (Wildman–Crippen MR) is 82.5 cm³/mol. The van der Waals surface area contributed by atoms with Gasteiger partial charge in [0.25, 0.3) is 0 Å². The Balaban J connectivity index is -0.000000155. The number of hydrogen-bond donors (Lipinski definition) is 7. The Morgan fingerprint density at radius 1 is 0.933 bits per heavy atom. The number of rotatable bonds is 4. The molecule has 0 aromatic rings. The van der Waals surface area contributed by atoms with Crippen LogP contribution < -0.4 is 28.3 Å². The van der Waals surface area contributed by atoms with Gasteiger partial charge in [-0.1, -0.05) is 24.4 Å². The molecule has 0 rings (SSSR count). The summed E-state index contributed by atoms with van der Waals surface area (Å²) < 4.78 is 0.389. The molecule has 0 saturated carbocycles. The lowest BCUT2D eigenvalue weighted by Crippen LogP contribution is -2.27. The molecule has 0 aliphatic heterocycles. The molecule has 0 atom stereocenters. The maximum Gasteiger partial charge on any atom is 0.128 e. The van der Waals surface area contributed by atoms with Crippen molar-refractivity contribution in [3.63, 3.8) is 0 Å². The van der Waals surface area contributed by atoms with Crippen LogP contribution >= 0.6 is 49.7 Å². The van der Waals surface area contributed by atoms with E-state index in [1.165, 1.54) is 0 Å². The van der Waals surface area contributed by atoms with Gasteiger partial charge in [-0.25, -0.2) is 0 Å². The topological polar surface area (TPSA) is 116 Å². The van der Waals surface area contributed by atoms with Crippen LogP contribution in [0.4, 0.5) is 0 Å². The fourth-order valence-corrected chi connectivity index (χ4v) is 0.329. The molecule has 0 aromatic carbocycles. The van der Waals surface area contributed by atoms with E-state index in [1.54, 1.807) is 0 Å². The van der Waals surface area contributed by atoms with Gasteiger partial charge in [0.05, 0.1) is 0 Å². The first kappa shape index (κ1) is 20.7. The molecule has 0 saturated heterocycles. The Kier molecular flexibility index (Phi) is 27.5. The van der Waals surface area contributed by atoms with Crippen LogP contribution in [0, 0.1) is 0 Å². The second-order valence-electron chi connectivity index (χ2n) is 2.00. The Hall–Kier alpha value is 0.360. The van der Waals surface area contributed by atoms with Crippen molar-refractivity contribution >= 4 is 58.3 Å². The predicted octanol–water partition coefficient (Wildman–Crippen LogP) is -1.19. The van der Waals surface area contributed by atoms with Gasteiger partial charge in [-0.3, -0.25) is 0 Å². The summed E-state index contributed by atoms with van der Waals surface area (Å²) in [4.78, 5) is 0. The Labute approximate surface area is 113 Å². The molecule has 0 amide bonds. The molecule has 0 aliphatic carbocycles. The quantitative estimate of drug-likeness (QED) is 0.198. The first-order chi connectivity index (χ1) is 6.88. The Morgan fingerprint density at radius 3 is 1.27 bits per heavy atom. The summed E-state index contributed by atoms with van der Waals surface area (Å²) in [5.74, 6) is 0. The van der Waals surface area contributed by atoms with Gasteiger partial charge < -0.3 is 28.3 Å². The van der Waals surface area contributed by atoms with Gasteiger partial charge in [0.15, 0.2) is 0 Å². The molecule has 0 aliphatic rings. The third kappa shape index (κ3) is 115. The summed E-state index contributed by atoms with van der Waals surface area (Å²) in [6.07, 6.45) is 0. The van der Waals surface area contributed by atoms with E-state index in [2.05, 4.69) is 55.0 Å². The van der Waals surface area contributed by atoms with Crippen molar-refractivity contribution in [3.8, 4) is 0 Å². The smallest absolute Gasteiger partial charge is 0.128 e. The Bertz CT molecular complexity index is 130. The minimum absolute atomic E-state index is 0.194. The zero-order valence-electron chi connectivity index (χ0n) is 8.35. The third-order valence-electron chi connectivity index (χ3n) is 0.642. The van der Waals surface area contributed by atoms with E-state index in [0.717, 1.165) is 13.1 Å². The molecule has 0 spiro atoms. The maximum atomic E-state index is 5.17. The Morgan fingerprint density at radius 2 is 1.13 bits per heavy atom. The first-order valence-corrected chi connectivity index (χ1v) is 5.67. The van der Waals surface area contributed by atoms with E-state index in [-0.39, 0.29) is 8.64 Å². The van der Waals surface area contributed by atoms with E-state index in [1.807, 2.05) is 0 Å². The van der Waals surface area contributed by atoms with Gasteiger partial charge in [0.2, 0.25) is 0 Å². The number of thiol groups is 2. The number of nitrogens with two attached hydrogens (primary N) is 4. The minimum atomic E-state index is 0.194. The summed E-state index contributed by atoms with van der Waals surface area (Å²) in [7, 11) is 0. The standard InChI is InChI=1S/C4H13N3.2CH3NS2/c5-1-3-7-4-2-6;2*2-1(3)4/h7H,1-6H2;2*(H3,2,3,4). The highest BCUT2D eigenvalue weighted by Crippen LogP contribution is 1.63. The van der Waals surface area contributed by atoms with Gasteiger partial charge >= 0.3 is 0 Å². The lowest BCUT2D eigenvalue weighted by atomic mass is 10.6. The fourth-order valence-electron chi connectivity index (χ4n) is 0.329. The van der Waals surface area contributed by atoms with E-state index >= 15 is 0 Å². The summed E-state index contributed by atoms with van der Waals surface area (Å²) in [5, 5.41) is 3.03. The van der Waals surface area contributed by atoms with Gasteiger partial charge in [-0.2, -0.15) is 0 Å². The highest BCUT2D eigenvalue weighted by Gasteiger charge is 1.76. The van der Waals surface area contributed by atoms with E-state index < -0.39 is 0 Å². The van der Waals surface area contributed by atoms with E-state index in [9.17, 15) is 0 Å². The fraction of sp³-hybridized carbons (Fsp3) is 0.667. The molecule has 15 heavy (non-hydrogen) atoms. The van der Waals surface area contributed by atoms with Gasteiger partial charge in [-0.15, -0.1) is 25.3 Å². The normalized spacial score (nSPS) is 7.73. The van der Waals surface area contributed by atoms with Crippen LogP contribution in [-0.2, 0) is 0 Å². The average molecular weight is 290 g/mol. The lowest BCUT2D eigenvalue weighted by Gasteiger charge is -1.95. The van der Waals surface area contributed by atoms with Gasteiger partial charge in [0.1, 0.15) is 8.64 Å². The molecule has 0 unspecified atom stereocenters. The molecule has 0 aromatic heterocycles. The molecular formula is C6H19N5S4. The monoisotopic (exact) mass is 289 g/mol. The molecule has 9 N–H and O–H groups in total. The highest BCUT2D eigenvalue weighted by molar-refractivity contribution is 8.11. The zero-order valence-corrected chi connectivity index (χ0v) is 11.8. The van der Waals surface area contributed by atoms with Crippen LogP contribution in [0.25, 0.3) is 0 Å². The van der Waals surface area contributed by atoms with Crippen molar-refractivity contribution in [2.75, 3.05) is 26.2 Å². The summed E-state index contributed by atoms with van der Waals surface area (Å²) in [6.45, 7) is 3.13. The minimum Gasteiger partial charge on any atom is -0.385 e. The molecule has 0 radical (unpaired) electrons. The summed E-state index contributed by atoms with van der Waals surface area (Å²) in [5.41, 5.74) is 19.7. The van der Waals surface area contributed by atoms with Crippen molar-refractivity contribution in [1.82, 2.24) is 5.32 Å². The van der Waals surface area contributed by atoms with Crippen LogP contribution in [0.2, 0.25) is 0 Å². The molecule has 92 valence electrons. The largest absolute Gasteiger partial charge is 0.385 e. The second-order valence-corrected chi connectivity index (χ2v) is 4.45. The van der Waals surface area contributed by atoms with Crippen molar-refractivity contribution in [3.05, 3.63) is 0 Å². The lowest BCUT2D eigenvalue weighted by molar-refractivity contribution is 0.696. The van der Waals surface area contributed by atoms with Crippen LogP contribution in [0.3, 0.4) is 0 Å². The number of thiocarbonyl (C=S) groups is 2. The molecule has 0 fully saturated rings. The average Bonchev–Trinajstić information content (AvgIpc) is 2.03. The summed E-state index contributed by atoms with van der Waals surface area (Å²) in [6, 6.07) is 0. The maximum absolute atomic E-state index is 5.17. The zero-order chi connectivity index (χ0) is 12.7. The highest BCUT2D eigenvalue weighted by atomic mass is 32.1. The van der Waals surface area contributed by atoms with Crippen molar-refractivity contribution in [1.29, 1.82) is 0 Å². The molecule has 0 bridgehead atoms. The number of nitrogens with one attached hydrogen (secondary N) is 1. The van der Waals surface area contributed by atoms with Crippen LogP contribution in [0.1, 0.15) is 0 Å². The SMILES string of the molecule is NC(=S)S.NC(=S)S.NCCNCCN. The van der Waals surface area contributed by atoms with Crippen molar-refractivity contribution in [2.45, 2.75) is 0 Å². The van der Waals surface area contributed by atoms with E-state index in [4.69, 9.17) is 22.9 Å². The van der Waals surface area contributed by atoms with E-state index in [0.29, 0.717) is 13.1 Å².